The first-order chi connectivity index (χ1) is 12.9. The van der Waals surface area contributed by atoms with E-state index in [2.05, 4.69) is 5.32 Å². The second-order valence-electron chi connectivity index (χ2n) is 5.68. The van der Waals surface area contributed by atoms with Crippen LogP contribution < -0.4 is 10.1 Å². The van der Waals surface area contributed by atoms with E-state index in [1.54, 1.807) is 6.07 Å². The second-order valence-corrected chi connectivity index (χ2v) is 8.16. The van der Waals surface area contributed by atoms with E-state index in [1.807, 2.05) is 0 Å². The summed E-state index contributed by atoms with van der Waals surface area (Å²) in [7, 11) is -1.85. The van der Waals surface area contributed by atoms with Crippen LogP contribution in [0.5, 0.6) is 5.75 Å². The van der Waals surface area contributed by atoms with E-state index in [1.165, 1.54) is 19.2 Å². The van der Waals surface area contributed by atoms with Gasteiger partial charge in [0.25, 0.3) is 0 Å². The smallest absolute Gasteiger partial charge is 0.416 e. The molecule has 2 aromatic carbocycles. The van der Waals surface area contributed by atoms with Crippen LogP contribution in [0.3, 0.4) is 0 Å². The van der Waals surface area contributed by atoms with Crippen molar-refractivity contribution in [3.8, 4) is 5.75 Å². The van der Waals surface area contributed by atoms with E-state index in [0.717, 1.165) is 25.2 Å². The molecule has 0 aliphatic heterocycles. The predicted molar refractivity (Wildman–Crippen MR) is 97.9 cm³/mol. The van der Waals surface area contributed by atoms with Crippen molar-refractivity contribution >= 4 is 33.2 Å². The quantitative estimate of drug-likeness (QED) is 0.750. The summed E-state index contributed by atoms with van der Waals surface area (Å²) in [5.74, 6) is -0.417. The van der Waals surface area contributed by atoms with Crippen molar-refractivity contribution in [1.29, 1.82) is 0 Å². The average molecular weight is 437 g/mol. The van der Waals surface area contributed by atoms with Gasteiger partial charge in [0, 0.05) is 12.1 Å². The molecule has 0 heterocycles. The van der Waals surface area contributed by atoms with E-state index in [-0.39, 0.29) is 5.69 Å². The number of halogens is 4. The summed E-state index contributed by atoms with van der Waals surface area (Å²) in [6.07, 6.45) is -4.69. The Labute approximate surface area is 164 Å². The minimum atomic E-state index is -4.69. The zero-order valence-electron chi connectivity index (χ0n) is 14.7. The maximum absolute atomic E-state index is 12.8. The van der Waals surface area contributed by atoms with Gasteiger partial charge in [0.15, 0.2) is 0 Å². The molecule has 0 saturated heterocycles. The highest BCUT2D eigenvalue weighted by Gasteiger charge is 2.32. The molecule has 28 heavy (non-hydrogen) atoms. The van der Waals surface area contributed by atoms with Gasteiger partial charge in [-0.05, 0) is 36.4 Å². The van der Waals surface area contributed by atoms with Crippen LogP contribution in [0.15, 0.2) is 47.4 Å². The number of amides is 1. The van der Waals surface area contributed by atoms with Gasteiger partial charge in [0.2, 0.25) is 15.9 Å². The number of hydrogen-bond acceptors (Lipinski definition) is 4. The monoisotopic (exact) mass is 436 g/mol. The van der Waals surface area contributed by atoms with Crippen LogP contribution in [0.2, 0.25) is 5.02 Å². The molecule has 2 rings (SSSR count). The van der Waals surface area contributed by atoms with Crippen LogP contribution in [0.1, 0.15) is 5.56 Å². The van der Waals surface area contributed by atoms with Gasteiger partial charge in [-0.2, -0.15) is 17.5 Å². The molecular weight excluding hydrogens is 421 g/mol. The van der Waals surface area contributed by atoms with Crippen LogP contribution in [0.25, 0.3) is 0 Å². The summed E-state index contributed by atoms with van der Waals surface area (Å²) in [5.41, 5.74) is -0.875. The third-order valence-electron chi connectivity index (χ3n) is 3.67. The number of rotatable bonds is 6. The Kier molecular flexibility index (Phi) is 6.58. The molecule has 0 saturated carbocycles. The van der Waals surface area contributed by atoms with Crippen molar-refractivity contribution < 1.29 is 31.1 Å². The zero-order chi connectivity index (χ0) is 21.1. The molecular formula is C17H16ClF3N2O4S. The van der Waals surface area contributed by atoms with Crippen molar-refractivity contribution in [2.24, 2.45) is 0 Å². The lowest BCUT2D eigenvalue weighted by Gasteiger charge is -2.18. The summed E-state index contributed by atoms with van der Waals surface area (Å²) in [6, 6.07) is 7.77. The van der Waals surface area contributed by atoms with Gasteiger partial charge in [-0.3, -0.25) is 4.79 Å². The lowest BCUT2D eigenvalue weighted by atomic mass is 10.2. The molecule has 1 N–H and O–H groups in total. The van der Waals surface area contributed by atoms with Gasteiger partial charge in [-0.15, -0.1) is 0 Å². The molecule has 0 aromatic heterocycles. The maximum Gasteiger partial charge on any atom is 0.416 e. The molecule has 0 radical (unpaired) electrons. The fourth-order valence-electron chi connectivity index (χ4n) is 2.27. The molecule has 0 aliphatic carbocycles. The topological polar surface area (TPSA) is 75.7 Å². The summed E-state index contributed by atoms with van der Waals surface area (Å²) in [5, 5.41) is 2.78. The highest BCUT2D eigenvalue weighted by molar-refractivity contribution is 7.89. The number of anilines is 1. The number of nitrogens with one attached hydrogen (secondary N) is 1. The zero-order valence-corrected chi connectivity index (χ0v) is 16.3. The molecule has 0 fully saturated rings. The molecule has 2 aromatic rings. The fourth-order valence-corrected chi connectivity index (χ4v) is 3.61. The number of nitrogens with zero attached hydrogens (tertiary/aromatic N) is 1. The molecule has 0 bridgehead atoms. The summed E-state index contributed by atoms with van der Waals surface area (Å²) in [6.45, 7) is -0.631. The van der Waals surface area contributed by atoms with E-state index < -0.39 is 39.1 Å². The minimum absolute atomic E-state index is 0.227. The molecule has 152 valence electrons. The SMILES string of the molecule is COc1ccc(Cl)cc1NC(=O)CN(C)S(=O)(=O)c1cccc(C(F)(F)F)c1. The van der Waals surface area contributed by atoms with Crippen molar-refractivity contribution in [2.45, 2.75) is 11.1 Å². The average Bonchev–Trinajstić information content (AvgIpc) is 2.61. The molecule has 0 aliphatic rings. The summed E-state index contributed by atoms with van der Waals surface area (Å²) in [4.78, 5) is 11.6. The minimum Gasteiger partial charge on any atom is -0.495 e. The van der Waals surface area contributed by atoms with E-state index >= 15 is 0 Å². The van der Waals surface area contributed by atoms with Crippen LogP contribution >= 0.6 is 11.6 Å². The second kappa shape index (κ2) is 8.38. The third kappa shape index (κ3) is 5.15. The van der Waals surface area contributed by atoms with Crippen molar-refractivity contribution in [3.05, 3.63) is 53.1 Å². The molecule has 6 nitrogen and oxygen atoms in total. The standard InChI is InChI=1S/C17H16ClF3N2O4S/c1-23(10-16(24)22-14-9-12(18)6-7-15(14)27-2)28(25,26)13-5-3-4-11(8-13)17(19,20)21/h3-9H,10H2,1-2H3,(H,22,24). The van der Waals surface area contributed by atoms with Gasteiger partial charge >= 0.3 is 6.18 Å². The lowest BCUT2D eigenvalue weighted by molar-refractivity contribution is -0.137. The number of alkyl halides is 3. The van der Waals surface area contributed by atoms with E-state index in [9.17, 15) is 26.4 Å². The Balaban J connectivity index is 2.19. The van der Waals surface area contributed by atoms with Gasteiger partial charge in [-0.1, -0.05) is 17.7 Å². The Morgan fingerprint density at radius 3 is 2.50 bits per heavy atom. The summed E-state index contributed by atoms with van der Waals surface area (Å²) < 4.78 is 69.2. The molecule has 0 atom stereocenters. The van der Waals surface area contributed by atoms with Crippen molar-refractivity contribution in [2.75, 3.05) is 26.0 Å². The van der Waals surface area contributed by atoms with Crippen LogP contribution in [0.4, 0.5) is 18.9 Å². The number of ether oxygens (including phenoxy) is 1. The third-order valence-corrected chi connectivity index (χ3v) is 5.71. The predicted octanol–water partition coefficient (Wildman–Crippen LogP) is 3.63. The molecule has 1 amide bonds. The Morgan fingerprint density at radius 2 is 1.89 bits per heavy atom. The van der Waals surface area contributed by atoms with Crippen LogP contribution in [-0.2, 0) is 21.0 Å². The number of benzene rings is 2. The molecule has 0 spiro atoms. The highest BCUT2D eigenvalue weighted by atomic mass is 35.5. The number of carbonyl (C=O) groups excluding carboxylic acids is 1. The van der Waals surface area contributed by atoms with Gasteiger partial charge in [0.05, 0.1) is 29.8 Å². The molecule has 0 unspecified atom stereocenters. The number of carbonyl (C=O) groups is 1. The highest BCUT2D eigenvalue weighted by Crippen LogP contribution is 2.31. The lowest BCUT2D eigenvalue weighted by Crippen LogP contribution is -2.35. The largest absolute Gasteiger partial charge is 0.495 e. The number of hydrogen-bond donors (Lipinski definition) is 1. The first-order valence-corrected chi connectivity index (χ1v) is 9.54. The van der Waals surface area contributed by atoms with Crippen molar-refractivity contribution in [3.63, 3.8) is 0 Å². The van der Waals surface area contributed by atoms with Crippen LogP contribution in [0, 0.1) is 0 Å². The first-order valence-electron chi connectivity index (χ1n) is 7.72. The van der Waals surface area contributed by atoms with E-state index in [0.29, 0.717) is 21.1 Å². The normalized spacial score (nSPS) is 12.1. The molecule has 11 heteroatoms. The summed E-state index contributed by atoms with van der Waals surface area (Å²) >= 11 is 5.86. The number of likely N-dealkylation sites (N-methyl/N-ethyl adjacent to an activating group) is 1. The van der Waals surface area contributed by atoms with Crippen molar-refractivity contribution in [1.82, 2.24) is 4.31 Å². The van der Waals surface area contributed by atoms with Gasteiger partial charge < -0.3 is 10.1 Å². The van der Waals surface area contributed by atoms with Gasteiger partial charge in [-0.25, -0.2) is 8.42 Å². The number of sulfonamides is 1. The Bertz CT molecular complexity index is 981. The van der Waals surface area contributed by atoms with Crippen LogP contribution in [-0.4, -0.2) is 39.3 Å². The Morgan fingerprint density at radius 1 is 1.21 bits per heavy atom. The van der Waals surface area contributed by atoms with E-state index in [4.69, 9.17) is 16.3 Å². The Hall–Kier alpha value is -2.30. The number of methoxy groups -OCH3 is 1. The fraction of sp³-hybridized carbons (Fsp3) is 0.235. The van der Waals surface area contributed by atoms with Gasteiger partial charge in [0.1, 0.15) is 5.75 Å². The first kappa shape index (κ1) is 22.0. The maximum atomic E-state index is 12.8.